The lowest BCUT2D eigenvalue weighted by Crippen LogP contribution is -1.98. The summed E-state index contributed by atoms with van der Waals surface area (Å²) in [5, 5.41) is 3.89. The number of rotatable bonds is 1. The molecule has 0 aliphatic heterocycles. The van der Waals surface area contributed by atoms with E-state index in [1.807, 2.05) is 0 Å². The molecule has 0 saturated heterocycles. The molecule has 0 aliphatic carbocycles. The Balaban J connectivity index is 2.68. The first-order valence-electron chi connectivity index (χ1n) is 4.54. The molecule has 1 heterocycles. The summed E-state index contributed by atoms with van der Waals surface area (Å²) >= 11 is 2.81. The van der Waals surface area contributed by atoms with Crippen LogP contribution in [0.1, 0.15) is 0 Å². The van der Waals surface area contributed by atoms with Crippen molar-refractivity contribution in [3.05, 3.63) is 34.1 Å². The largest absolute Gasteiger partial charge is 0.384 e. The van der Waals surface area contributed by atoms with E-state index in [0.717, 1.165) is 6.07 Å². The summed E-state index contributed by atoms with van der Waals surface area (Å²) in [6, 6.07) is 2.50. The lowest BCUT2D eigenvalue weighted by atomic mass is 10.1. The van der Waals surface area contributed by atoms with Crippen LogP contribution in [0.4, 0.5) is 19.0 Å². The van der Waals surface area contributed by atoms with Gasteiger partial charge in [-0.3, -0.25) is 4.68 Å². The summed E-state index contributed by atoms with van der Waals surface area (Å²) in [5.41, 5.74) is 5.52. The van der Waals surface area contributed by atoms with Gasteiger partial charge in [0.2, 0.25) is 0 Å². The maximum atomic E-state index is 13.5. The number of nitrogens with two attached hydrogens (primary N) is 1. The van der Waals surface area contributed by atoms with Crippen molar-refractivity contribution < 1.29 is 13.2 Å². The van der Waals surface area contributed by atoms with Crippen molar-refractivity contribution in [2.45, 2.75) is 0 Å². The van der Waals surface area contributed by atoms with E-state index in [-0.39, 0.29) is 15.7 Å². The van der Waals surface area contributed by atoms with E-state index in [0.29, 0.717) is 5.82 Å². The normalized spacial score (nSPS) is 10.9. The predicted molar refractivity (Wildman–Crippen MR) is 60.6 cm³/mol. The molecule has 2 N–H and O–H groups in total. The van der Waals surface area contributed by atoms with Gasteiger partial charge in [0.15, 0.2) is 17.5 Å². The lowest BCUT2D eigenvalue weighted by molar-refractivity contribution is 0.445. The molecule has 0 unspecified atom stereocenters. The number of hydrogen-bond donors (Lipinski definition) is 1. The van der Waals surface area contributed by atoms with E-state index < -0.39 is 17.5 Å². The third kappa shape index (κ3) is 1.90. The van der Waals surface area contributed by atoms with Crippen LogP contribution in [0.25, 0.3) is 11.3 Å². The van der Waals surface area contributed by atoms with Crippen LogP contribution >= 0.6 is 15.9 Å². The second-order valence-corrected chi connectivity index (χ2v) is 4.28. The summed E-state index contributed by atoms with van der Waals surface area (Å²) < 4.78 is 40.9. The average molecular weight is 306 g/mol. The Morgan fingerprint density at radius 2 is 1.82 bits per heavy atom. The summed E-state index contributed by atoms with van der Waals surface area (Å²) in [7, 11) is 1.56. The molecule has 90 valence electrons. The first-order valence-corrected chi connectivity index (χ1v) is 5.34. The Bertz CT molecular complexity index is 575. The lowest BCUT2D eigenvalue weighted by Gasteiger charge is -2.03. The topological polar surface area (TPSA) is 43.8 Å². The number of hydrogen-bond acceptors (Lipinski definition) is 2. The summed E-state index contributed by atoms with van der Waals surface area (Å²) in [6.07, 6.45) is 0. The van der Waals surface area contributed by atoms with Gasteiger partial charge in [0, 0.05) is 18.7 Å². The Kier molecular flexibility index (Phi) is 2.86. The minimum absolute atomic E-state index is 0.141. The van der Waals surface area contributed by atoms with E-state index in [9.17, 15) is 13.2 Å². The van der Waals surface area contributed by atoms with Crippen LogP contribution < -0.4 is 5.73 Å². The van der Waals surface area contributed by atoms with Gasteiger partial charge in [-0.05, 0) is 22.0 Å². The molecule has 0 fully saturated rings. The van der Waals surface area contributed by atoms with Crippen LogP contribution in [0.2, 0.25) is 0 Å². The summed E-state index contributed by atoms with van der Waals surface area (Å²) in [5.74, 6) is -3.81. The number of aromatic nitrogens is 2. The Labute approximate surface area is 103 Å². The second-order valence-electron chi connectivity index (χ2n) is 3.43. The van der Waals surface area contributed by atoms with Crippen LogP contribution in [-0.4, -0.2) is 9.78 Å². The fourth-order valence-electron chi connectivity index (χ4n) is 1.37. The molecule has 3 nitrogen and oxygen atoms in total. The molecule has 1 aromatic carbocycles. The van der Waals surface area contributed by atoms with Crippen LogP contribution in [-0.2, 0) is 7.05 Å². The molecule has 0 spiro atoms. The van der Waals surface area contributed by atoms with Crippen molar-refractivity contribution in [2.24, 2.45) is 7.05 Å². The van der Waals surface area contributed by atoms with Gasteiger partial charge in [0.05, 0.1) is 10.2 Å². The first kappa shape index (κ1) is 12.0. The van der Waals surface area contributed by atoms with Crippen molar-refractivity contribution in [1.29, 1.82) is 0 Å². The van der Waals surface area contributed by atoms with Crippen molar-refractivity contribution in [1.82, 2.24) is 9.78 Å². The van der Waals surface area contributed by atoms with Gasteiger partial charge in [0.1, 0.15) is 5.82 Å². The standard InChI is InChI=1S/C10H7BrF3N3/c1-17-7(15)3-6(16-17)4-2-5(11)9(13)10(14)8(4)12/h2-3H,15H2,1H3. The number of nitrogens with zero attached hydrogens (tertiary/aromatic N) is 2. The minimum Gasteiger partial charge on any atom is -0.384 e. The number of halogens is 4. The maximum absolute atomic E-state index is 13.5. The highest BCUT2D eigenvalue weighted by Crippen LogP contribution is 2.30. The highest BCUT2D eigenvalue weighted by atomic mass is 79.9. The first-order chi connectivity index (χ1) is 7.91. The highest BCUT2D eigenvalue weighted by Gasteiger charge is 2.20. The Hall–Kier alpha value is -1.50. The molecular weight excluding hydrogens is 299 g/mol. The maximum Gasteiger partial charge on any atom is 0.196 e. The van der Waals surface area contributed by atoms with Crippen LogP contribution in [0, 0.1) is 17.5 Å². The van der Waals surface area contributed by atoms with Gasteiger partial charge >= 0.3 is 0 Å². The Morgan fingerprint density at radius 3 is 2.35 bits per heavy atom. The van der Waals surface area contributed by atoms with Gasteiger partial charge in [-0.2, -0.15) is 5.10 Å². The number of nitrogen functional groups attached to an aromatic ring is 1. The SMILES string of the molecule is Cn1nc(-c2cc(Br)c(F)c(F)c2F)cc1N. The molecule has 17 heavy (non-hydrogen) atoms. The van der Waals surface area contributed by atoms with Crippen molar-refractivity contribution in [2.75, 3.05) is 5.73 Å². The number of anilines is 1. The van der Waals surface area contributed by atoms with Gasteiger partial charge in [0.25, 0.3) is 0 Å². The molecule has 0 atom stereocenters. The molecule has 2 aromatic rings. The van der Waals surface area contributed by atoms with Crippen LogP contribution in [0.3, 0.4) is 0 Å². The van der Waals surface area contributed by atoms with E-state index in [1.54, 1.807) is 7.05 Å². The zero-order valence-electron chi connectivity index (χ0n) is 8.64. The summed E-state index contributed by atoms with van der Waals surface area (Å²) in [4.78, 5) is 0. The third-order valence-electron chi connectivity index (χ3n) is 2.29. The van der Waals surface area contributed by atoms with Gasteiger partial charge in [-0.25, -0.2) is 13.2 Å². The molecule has 1 aromatic heterocycles. The fraction of sp³-hybridized carbons (Fsp3) is 0.100. The zero-order chi connectivity index (χ0) is 12.7. The zero-order valence-corrected chi connectivity index (χ0v) is 10.2. The van der Waals surface area contributed by atoms with Gasteiger partial charge < -0.3 is 5.73 Å². The van der Waals surface area contributed by atoms with Gasteiger partial charge in [-0.15, -0.1) is 0 Å². The van der Waals surface area contributed by atoms with Crippen molar-refractivity contribution in [3.63, 3.8) is 0 Å². The van der Waals surface area contributed by atoms with E-state index in [4.69, 9.17) is 5.73 Å². The van der Waals surface area contributed by atoms with Crippen molar-refractivity contribution in [3.8, 4) is 11.3 Å². The van der Waals surface area contributed by atoms with E-state index in [1.165, 1.54) is 10.7 Å². The Morgan fingerprint density at radius 1 is 1.18 bits per heavy atom. The summed E-state index contributed by atoms with van der Waals surface area (Å²) in [6.45, 7) is 0. The average Bonchev–Trinajstić information content (AvgIpc) is 2.61. The number of aryl methyl sites for hydroxylation is 1. The molecular formula is C10H7BrF3N3. The van der Waals surface area contributed by atoms with Crippen molar-refractivity contribution >= 4 is 21.7 Å². The quantitative estimate of drug-likeness (QED) is 0.650. The van der Waals surface area contributed by atoms with Crippen LogP contribution in [0.5, 0.6) is 0 Å². The molecule has 0 amide bonds. The van der Waals surface area contributed by atoms with Gasteiger partial charge in [-0.1, -0.05) is 0 Å². The molecule has 7 heteroatoms. The molecule has 0 aliphatic rings. The second kappa shape index (κ2) is 4.06. The third-order valence-corrected chi connectivity index (χ3v) is 2.87. The molecule has 0 saturated carbocycles. The minimum atomic E-state index is -1.54. The van der Waals surface area contributed by atoms with E-state index in [2.05, 4.69) is 21.0 Å². The molecule has 2 rings (SSSR count). The molecule has 0 radical (unpaired) electrons. The number of benzene rings is 1. The fourth-order valence-corrected chi connectivity index (χ4v) is 1.78. The van der Waals surface area contributed by atoms with Crippen LogP contribution in [0.15, 0.2) is 16.6 Å². The van der Waals surface area contributed by atoms with E-state index >= 15 is 0 Å². The predicted octanol–water partition coefficient (Wildman–Crippen LogP) is 2.85. The molecule has 0 bridgehead atoms. The smallest absolute Gasteiger partial charge is 0.196 e. The monoisotopic (exact) mass is 305 g/mol. The highest BCUT2D eigenvalue weighted by molar-refractivity contribution is 9.10.